The average molecular weight is 362 g/mol. The summed E-state index contributed by atoms with van der Waals surface area (Å²) < 4.78 is 1.09. The molecular weight excluding hydrogens is 328 g/mol. The lowest BCUT2D eigenvalue weighted by Crippen LogP contribution is -2.54. The minimum Gasteiger partial charge on any atom is -0.324 e. The standard InChI is InChI=1S/C25H33N2/c1-22(27(2)18-12-4-3-5-13-19-27)20-25(21-26,23-14-8-6-9-15-23)24-16-10-7-11-17-24/h6-11,14-17,22H,3-5,12-13,18-20H2,1-2H3/q+1/t22-/m0/s1. The zero-order valence-corrected chi connectivity index (χ0v) is 16.9. The Morgan fingerprint density at radius 2 is 1.30 bits per heavy atom. The molecule has 0 N–H and O–H groups in total. The van der Waals surface area contributed by atoms with Crippen LogP contribution in [0.25, 0.3) is 0 Å². The van der Waals surface area contributed by atoms with Gasteiger partial charge in [0.15, 0.2) is 0 Å². The van der Waals surface area contributed by atoms with Crippen LogP contribution in [0.1, 0.15) is 56.6 Å². The van der Waals surface area contributed by atoms with E-state index in [4.69, 9.17) is 0 Å². The molecule has 0 aromatic heterocycles. The molecule has 0 saturated carbocycles. The molecule has 0 spiro atoms. The Kier molecular flexibility index (Phi) is 6.34. The minimum atomic E-state index is -0.592. The smallest absolute Gasteiger partial charge is 0.113 e. The maximum Gasteiger partial charge on any atom is 0.113 e. The quantitative estimate of drug-likeness (QED) is 0.628. The molecule has 2 aromatic rings. The van der Waals surface area contributed by atoms with Gasteiger partial charge in [0.25, 0.3) is 0 Å². The first-order valence-corrected chi connectivity index (χ1v) is 10.5. The van der Waals surface area contributed by atoms with Gasteiger partial charge in [-0.1, -0.05) is 67.1 Å². The summed E-state index contributed by atoms with van der Waals surface area (Å²) in [6.45, 7) is 4.82. The molecule has 0 amide bonds. The molecule has 142 valence electrons. The first-order valence-electron chi connectivity index (χ1n) is 10.5. The highest BCUT2D eigenvalue weighted by molar-refractivity contribution is 5.45. The summed E-state index contributed by atoms with van der Waals surface area (Å²) in [6.07, 6.45) is 7.54. The highest BCUT2D eigenvalue weighted by Crippen LogP contribution is 2.38. The fraction of sp³-hybridized carbons (Fsp3) is 0.480. The summed E-state index contributed by atoms with van der Waals surface area (Å²) in [7, 11) is 2.41. The molecule has 1 atom stereocenters. The molecule has 1 aliphatic heterocycles. The van der Waals surface area contributed by atoms with Gasteiger partial charge in [-0.2, -0.15) is 5.26 Å². The molecule has 1 saturated heterocycles. The highest BCUT2D eigenvalue weighted by atomic mass is 15.3. The summed E-state index contributed by atoms with van der Waals surface area (Å²) >= 11 is 0. The van der Waals surface area contributed by atoms with E-state index in [0.717, 1.165) is 22.0 Å². The van der Waals surface area contributed by atoms with Crippen LogP contribution in [0.5, 0.6) is 0 Å². The molecule has 0 bridgehead atoms. The molecule has 2 heteroatoms. The van der Waals surface area contributed by atoms with Gasteiger partial charge in [-0.25, -0.2) is 0 Å². The van der Waals surface area contributed by atoms with Crippen LogP contribution in [0, 0.1) is 11.3 Å². The first-order chi connectivity index (χ1) is 13.1. The van der Waals surface area contributed by atoms with Gasteiger partial charge in [-0.3, -0.25) is 0 Å². The number of likely N-dealkylation sites (tertiary alicyclic amines) is 1. The van der Waals surface area contributed by atoms with Crippen molar-refractivity contribution in [2.24, 2.45) is 0 Å². The lowest BCUT2D eigenvalue weighted by Gasteiger charge is -2.44. The van der Waals surface area contributed by atoms with E-state index in [-0.39, 0.29) is 0 Å². The third kappa shape index (κ3) is 4.25. The van der Waals surface area contributed by atoms with Crippen molar-refractivity contribution >= 4 is 0 Å². The van der Waals surface area contributed by atoms with Gasteiger partial charge in [0.2, 0.25) is 0 Å². The Balaban J connectivity index is 1.97. The van der Waals surface area contributed by atoms with Gasteiger partial charge in [-0.05, 0) is 43.7 Å². The van der Waals surface area contributed by atoms with Crippen molar-refractivity contribution in [2.45, 2.75) is 56.9 Å². The lowest BCUT2D eigenvalue weighted by molar-refractivity contribution is -0.933. The number of hydrogen-bond acceptors (Lipinski definition) is 1. The van der Waals surface area contributed by atoms with Crippen molar-refractivity contribution in [1.29, 1.82) is 5.26 Å². The Labute approximate surface area is 165 Å². The Hall–Kier alpha value is -2.11. The summed E-state index contributed by atoms with van der Waals surface area (Å²) in [5.41, 5.74) is 1.64. The molecule has 27 heavy (non-hydrogen) atoms. The summed E-state index contributed by atoms with van der Waals surface area (Å²) in [5, 5.41) is 10.5. The van der Waals surface area contributed by atoms with E-state index in [2.05, 4.69) is 68.6 Å². The molecule has 1 fully saturated rings. The third-order valence-corrected chi connectivity index (χ3v) is 6.73. The first kappa shape index (κ1) is 19.6. The Morgan fingerprint density at radius 1 is 0.852 bits per heavy atom. The van der Waals surface area contributed by atoms with Gasteiger partial charge in [0, 0.05) is 6.42 Å². The fourth-order valence-electron chi connectivity index (χ4n) is 4.71. The number of hydrogen-bond donors (Lipinski definition) is 0. The summed E-state index contributed by atoms with van der Waals surface area (Å²) in [6, 6.07) is 24.0. The van der Waals surface area contributed by atoms with E-state index in [1.807, 2.05) is 12.1 Å². The number of rotatable bonds is 5. The van der Waals surface area contributed by atoms with E-state index in [1.165, 1.54) is 45.2 Å². The molecule has 1 aliphatic rings. The predicted molar refractivity (Wildman–Crippen MR) is 112 cm³/mol. The molecule has 0 unspecified atom stereocenters. The minimum absolute atomic E-state index is 0.433. The molecule has 1 heterocycles. The molecular formula is C25H33N2+. The van der Waals surface area contributed by atoms with Gasteiger partial charge in [-0.15, -0.1) is 0 Å². The second kappa shape index (κ2) is 8.72. The maximum absolute atomic E-state index is 10.5. The fourth-order valence-corrected chi connectivity index (χ4v) is 4.71. The van der Waals surface area contributed by atoms with Crippen LogP contribution in [0.4, 0.5) is 0 Å². The van der Waals surface area contributed by atoms with Gasteiger partial charge < -0.3 is 4.48 Å². The van der Waals surface area contributed by atoms with Crippen LogP contribution >= 0.6 is 0 Å². The Morgan fingerprint density at radius 3 is 1.74 bits per heavy atom. The van der Waals surface area contributed by atoms with E-state index >= 15 is 0 Å². The number of nitrogens with zero attached hydrogens (tertiary/aromatic N) is 2. The van der Waals surface area contributed by atoms with Crippen LogP contribution in [0.3, 0.4) is 0 Å². The van der Waals surface area contributed by atoms with Crippen molar-refractivity contribution < 1.29 is 4.48 Å². The SMILES string of the molecule is C[C@@H](CC(C#N)(c1ccccc1)c1ccccc1)[N+]1(C)CCCCCCC1. The average Bonchev–Trinajstić information content (AvgIpc) is 2.70. The van der Waals surface area contributed by atoms with Gasteiger partial charge in [0.1, 0.15) is 5.41 Å². The molecule has 3 rings (SSSR count). The van der Waals surface area contributed by atoms with Crippen LogP contribution in [0.15, 0.2) is 60.7 Å². The summed E-state index contributed by atoms with van der Waals surface area (Å²) in [4.78, 5) is 0. The van der Waals surface area contributed by atoms with E-state index in [0.29, 0.717) is 6.04 Å². The number of quaternary nitrogens is 1. The lowest BCUT2D eigenvalue weighted by atomic mass is 9.71. The zero-order valence-electron chi connectivity index (χ0n) is 16.9. The monoisotopic (exact) mass is 361 g/mol. The van der Waals surface area contributed by atoms with Crippen molar-refractivity contribution in [3.05, 3.63) is 71.8 Å². The molecule has 2 nitrogen and oxygen atoms in total. The van der Waals surface area contributed by atoms with Gasteiger partial charge in [0.05, 0.1) is 32.2 Å². The van der Waals surface area contributed by atoms with Gasteiger partial charge >= 0.3 is 0 Å². The topological polar surface area (TPSA) is 23.8 Å². The molecule has 2 aromatic carbocycles. The van der Waals surface area contributed by atoms with Crippen LogP contribution in [-0.2, 0) is 5.41 Å². The van der Waals surface area contributed by atoms with Crippen molar-refractivity contribution in [3.8, 4) is 6.07 Å². The largest absolute Gasteiger partial charge is 0.324 e. The normalized spacial score (nSPS) is 18.7. The predicted octanol–water partition coefficient (Wildman–Crippen LogP) is 5.69. The Bertz CT molecular complexity index is 697. The molecule has 0 aliphatic carbocycles. The van der Waals surface area contributed by atoms with Crippen LogP contribution in [-0.4, -0.2) is 30.7 Å². The highest BCUT2D eigenvalue weighted by Gasteiger charge is 2.41. The van der Waals surface area contributed by atoms with E-state index < -0.39 is 5.41 Å². The molecule has 0 radical (unpaired) electrons. The number of nitriles is 1. The second-order valence-corrected chi connectivity index (χ2v) is 8.50. The van der Waals surface area contributed by atoms with E-state index in [9.17, 15) is 5.26 Å². The van der Waals surface area contributed by atoms with Crippen molar-refractivity contribution in [3.63, 3.8) is 0 Å². The van der Waals surface area contributed by atoms with Crippen LogP contribution < -0.4 is 0 Å². The third-order valence-electron chi connectivity index (χ3n) is 6.73. The number of benzene rings is 2. The maximum atomic E-state index is 10.5. The van der Waals surface area contributed by atoms with Crippen molar-refractivity contribution in [2.75, 3.05) is 20.1 Å². The second-order valence-electron chi connectivity index (χ2n) is 8.50. The van der Waals surface area contributed by atoms with Crippen molar-refractivity contribution in [1.82, 2.24) is 0 Å². The zero-order chi connectivity index (χ0) is 19.2. The van der Waals surface area contributed by atoms with E-state index in [1.54, 1.807) is 0 Å². The summed E-state index contributed by atoms with van der Waals surface area (Å²) in [5.74, 6) is 0. The van der Waals surface area contributed by atoms with Crippen LogP contribution in [0.2, 0.25) is 0 Å².